The van der Waals surface area contributed by atoms with Crippen molar-refractivity contribution in [2.75, 3.05) is 18.5 Å². The molecule has 0 saturated heterocycles. The quantitative estimate of drug-likeness (QED) is 0.216. The van der Waals surface area contributed by atoms with Crippen molar-refractivity contribution in [3.8, 4) is 5.75 Å². The molecule has 0 heterocycles. The minimum atomic E-state index is -1.09. The lowest BCUT2D eigenvalue weighted by Crippen LogP contribution is -2.34. The fraction of sp³-hybridized carbons (Fsp3) is 0.312. The molecular formula is C16H20N4O6. The van der Waals surface area contributed by atoms with Gasteiger partial charge in [0.05, 0.1) is 24.6 Å². The SMILES string of the molecule is CCOC(=O)C(=NO)C(C)=NNC(=O)C(=O)Nc1ccccc1OCC. The number of oxime groups is 1. The number of ether oxygens (including phenoxy) is 2. The Morgan fingerprint density at radius 1 is 1.12 bits per heavy atom. The third-order valence-electron chi connectivity index (χ3n) is 2.88. The van der Waals surface area contributed by atoms with Gasteiger partial charge in [0, 0.05) is 0 Å². The molecule has 0 aliphatic carbocycles. The zero-order chi connectivity index (χ0) is 19.5. The van der Waals surface area contributed by atoms with Gasteiger partial charge in [0.1, 0.15) is 5.75 Å². The number of carbonyl (C=O) groups excluding carboxylic acids is 3. The fourth-order valence-electron chi connectivity index (χ4n) is 1.73. The van der Waals surface area contributed by atoms with Crippen LogP contribution in [-0.2, 0) is 19.1 Å². The topological polar surface area (TPSA) is 139 Å². The predicted octanol–water partition coefficient (Wildman–Crippen LogP) is 0.909. The van der Waals surface area contributed by atoms with Crippen LogP contribution in [0.25, 0.3) is 0 Å². The molecule has 0 bridgehead atoms. The van der Waals surface area contributed by atoms with Crippen LogP contribution in [0.1, 0.15) is 20.8 Å². The lowest BCUT2D eigenvalue weighted by atomic mass is 10.2. The summed E-state index contributed by atoms with van der Waals surface area (Å²) in [5.74, 6) is -2.59. The van der Waals surface area contributed by atoms with Gasteiger partial charge in [-0.15, -0.1) is 0 Å². The van der Waals surface area contributed by atoms with Crippen LogP contribution in [0, 0.1) is 0 Å². The number of hydrogen-bond donors (Lipinski definition) is 3. The summed E-state index contributed by atoms with van der Waals surface area (Å²) >= 11 is 0. The molecule has 10 nitrogen and oxygen atoms in total. The van der Waals surface area contributed by atoms with Crippen LogP contribution in [0.15, 0.2) is 34.5 Å². The summed E-state index contributed by atoms with van der Waals surface area (Å²) in [5, 5.41) is 17.6. The van der Waals surface area contributed by atoms with Gasteiger partial charge in [-0.2, -0.15) is 5.10 Å². The van der Waals surface area contributed by atoms with Gasteiger partial charge in [-0.3, -0.25) is 9.59 Å². The maximum atomic E-state index is 11.9. The summed E-state index contributed by atoms with van der Waals surface area (Å²) in [6, 6.07) is 6.60. The van der Waals surface area contributed by atoms with Gasteiger partial charge in [0.25, 0.3) is 0 Å². The highest BCUT2D eigenvalue weighted by atomic mass is 16.5. The number of esters is 1. The monoisotopic (exact) mass is 364 g/mol. The molecule has 26 heavy (non-hydrogen) atoms. The second-order valence-electron chi connectivity index (χ2n) is 4.69. The van der Waals surface area contributed by atoms with Crippen LogP contribution >= 0.6 is 0 Å². The van der Waals surface area contributed by atoms with Gasteiger partial charge in [-0.25, -0.2) is 10.2 Å². The molecule has 0 atom stereocenters. The lowest BCUT2D eigenvalue weighted by Gasteiger charge is -2.10. The van der Waals surface area contributed by atoms with Gasteiger partial charge in [0.2, 0.25) is 5.71 Å². The van der Waals surface area contributed by atoms with Crippen molar-refractivity contribution in [3.05, 3.63) is 24.3 Å². The predicted molar refractivity (Wildman–Crippen MR) is 93.3 cm³/mol. The smallest absolute Gasteiger partial charge is 0.362 e. The van der Waals surface area contributed by atoms with E-state index in [1.807, 2.05) is 5.43 Å². The van der Waals surface area contributed by atoms with Crippen molar-refractivity contribution >= 4 is 34.9 Å². The third kappa shape index (κ3) is 5.89. The molecule has 1 aromatic carbocycles. The lowest BCUT2D eigenvalue weighted by molar-refractivity contribution is -0.136. The van der Waals surface area contributed by atoms with Crippen molar-refractivity contribution in [1.29, 1.82) is 0 Å². The number of nitrogens with zero attached hydrogens (tertiary/aromatic N) is 2. The molecule has 0 aromatic heterocycles. The van der Waals surface area contributed by atoms with Crippen LogP contribution in [0.3, 0.4) is 0 Å². The maximum absolute atomic E-state index is 11.9. The van der Waals surface area contributed by atoms with Gasteiger partial charge in [-0.05, 0) is 32.9 Å². The summed E-state index contributed by atoms with van der Waals surface area (Å²) in [6.07, 6.45) is 0. The normalized spacial score (nSPS) is 11.5. The van der Waals surface area contributed by atoms with E-state index < -0.39 is 23.5 Å². The van der Waals surface area contributed by atoms with E-state index in [0.717, 1.165) is 0 Å². The molecule has 0 radical (unpaired) electrons. The molecule has 0 unspecified atom stereocenters. The average molecular weight is 364 g/mol. The average Bonchev–Trinajstić information content (AvgIpc) is 2.62. The van der Waals surface area contributed by atoms with E-state index in [0.29, 0.717) is 18.0 Å². The van der Waals surface area contributed by atoms with E-state index in [1.165, 1.54) is 6.92 Å². The fourth-order valence-corrected chi connectivity index (χ4v) is 1.73. The van der Waals surface area contributed by atoms with E-state index in [2.05, 4.69) is 20.3 Å². The molecule has 0 spiro atoms. The Morgan fingerprint density at radius 3 is 2.42 bits per heavy atom. The third-order valence-corrected chi connectivity index (χ3v) is 2.88. The highest BCUT2D eigenvalue weighted by Gasteiger charge is 2.19. The van der Waals surface area contributed by atoms with Crippen LogP contribution < -0.4 is 15.5 Å². The Bertz CT molecular complexity index is 729. The minimum absolute atomic E-state index is 0.0686. The zero-order valence-corrected chi connectivity index (χ0v) is 14.6. The molecule has 2 amide bonds. The largest absolute Gasteiger partial charge is 0.492 e. The van der Waals surface area contributed by atoms with Gasteiger partial charge >= 0.3 is 17.8 Å². The summed E-state index contributed by atoms with van der Waals surface area (Å²) in [5.41, 5.74) is 1.65. The molecule has 0 saturated carbocycles. The molecular weight excluding hydrogens is 344 g/mol. The standard InChI is InChI=1S/C16H20N4O6/c1-4-25-12-9-7-6-8-11(12)17-14(21)15(22)19-18-10(3)13(20-24)16(23)26-5-2/h6-9,24H,4-5H2,1-3H3,(H,17,21)(H,19,22). The molecule has 0 fully saturated rings. The van der Waals surface area contributed by atoms with E-state index >= 15 is 0 Å². The Morgan fingerprint density at radius 2 is 1.81 bits per heavy atom. The summed E-state index contributed by atoms with van der Waals surface area (Å²) < 4.78 is 10.0. The van der Waals surface area contributed by atoms with Crippen molar-refractivity contribution in [1.82, 2.24) is 5.43 Å². The first-order valence-corrected chi connectivity index (χ1v) is 7.71. The van der Waals surface area contributed by atoms with Crippen LogP contribution in [0.5, 0.6) is 5.75 Å². The highest BCUT2D eigenvalue weighted by Crippen LogP contribution is 2.23. The molecule has 1 aromatic rings. The Labute approximate surface area is 149 Å². The van der Waals surface area contributed by atoms with E-state index in [4.69, 9.17) is 9.94 Å². The van der Waals surface area contributed by atoms with Crippen LogP contribution in [0.2, 0.25) is 0 Å². The number of amides is 2. The molecule has 0 aliphatic heterocycles. The second-order valence-corrected chi connectivity index (χ2v) is 4.69. The number of carbonyl (C=O) groups is 3. The first-order valence-electron chi connectivity index (χ1n) is 7.71. The number of rotatable bonds is 7. The van der Waals surface area contributed by atoms with Crippen molar-refractivity contribution in [2.24, 2.45) is 10.3 Å². The first-order chi connectivity index (χ1) is 12.4. The number of nitrogens with one attached hydrogen (secondary N) is 2. The maximum Gasteiger partial charge on any atom is 0.362 e. The summed E-state index contributed by atoms with van der Waals surface area (Å²) in [6.45, 7) is 5.12. The Hall–Kier alpha value is -3.43. The van der Waals surface area contributed by atoms with Crippen LogP contribution in [0.4, 0.5) is 5.69 Å². The number of anilines is 1. The number of para-hydroxylation sites is 2. The van der Waals surface area contributed by atoms with Crippen LogP contribution in [-0.4, -0.2) is 47.6 Å². The van der Waals surface area contributed by atoms with Gasteiger partial charge < -0.3 is 20.0 Å². The molecule has 140 valence electrons. The van der Waals surface area contributed by atoms with Crippen molar-refractivity contribution in [3.63, 3.8) is 0 Å². The zero-order valence-electron chi connectivity index (χ0n) is 14.6. The number of hydrazone groups is 1. The van der Waals surface area contributed by atoms with Gasteiger partial charge in [0.15, 0.2) is 0 Å². The summed E-state index contributed by atoms with van der Waals surface area (Å²) in [4.78, 5) is 35.3. The minimum Gasteiger partial charge on any atom is -0.492 e. The van der Waals surface area contributed by atoms with E-state index in [9.17, 15) is 14.4 Å². The Kier molecular flexibility index (Phi) is 8.28. The van der Waals surface area contributed by atoms with E-state index in [-0.39, 0.29) is 12.3 Å². The number of benzene rings is 1. The van der Waals surface area contributed by atoms with Crippen molar-refractivity contribution in [2.45, 2.75) is 20.8 Å². The first kappa shape index (κ1) is 20.6. The molecule has 1 rings (SSSR count). The highest BCUT2D eigenvalue weighted by molar-refractivity contribution is 6.65. The molecule has 3 N–H and O–H groups in total. The summed E-state index contributed by atoms with van der Waals surface area (Å²) in [7, 11) is 0. The molecule has 10 heteroatoms. The number of hydrogen-bond acceptors (Lipinski definition) is 8. The molecule has 0 aliphatic rings. The van der Waals surface area contributed by atoms with Gasteiger partial charge in [-0.1, -0.05) is 17.3 Å². The second kappa shape index (κ2) is 10.4. The van der Waals surface area contributed by atoms with Crippen molar-refractivity contribution < 1.29 is 29.1 Å². The van der Waals surface area contributed by atoms with E-state index in [1.54, 1.807) is 38.1 Å². The Balaban J connectivity index is 2.75.